The summed E-state index contributed by atoms with van der Waals surface area (Å²) in [4.78, 5) is 3.88. The van der Waals surface area contributed by atoms with Crippen molar-refractivity contribution in [3.63, 3.8) is 0 Å². The Balaban J connectivity index is 2.35. The third kappa shape index (κ3) is 2.02. The van der Waals surface area contributed by atoms with Gasteiger partial charge in [-0.15, -0.1) is 0 Å². The summed E-state index contributed by atoms with van der Waals surface area (Å²) in [5, 5.41) is 8.84. The molecule has 4 heteroatoms. The van der Waals surface area contributed by atoms with Crippen LogP contribution >= 0.6 is 0 Å². The van der Waals surface area contributed by atoms with Gasteiger partial charge in [-0.2, -0.15) is 5.26 Å². The maximum Gasteiger partial charge on any atom is 0.123 e. The molecule has 0 saturated carbocycles. The lowest BCUT2D eigenvalue weighted by molar-refractivity contribution is 0.623. The lowest BCUT2D eigenvalue weighted by Gasteiger charge is -2.04. The van der Waals surface area contributed by atoms with Crippen molar-refractivity contribution >= 4 is 0 Å². The van der Waals surface area contributed by atoms with E-state index in [0.29, 0.717) is 17.7 Å². The van der Waals surface area contributed by atoms with E-state index in [-0.39, 0.29) is 5.82 Å². The van der Waals surface area contributed by atoms with Gasteiger partial charge in [-0.05, 0) is 23.8 Å². The second kappa shape index (κ2) is 3.93. The number of rotatable bonds is 2. The van der Waals surface area contributed by atoms with E-state index in [0.717, 1.165) is 0 Å². The number of aromatic nitrogens is 2. The molecule has 0 spiro atoms. The van der Waals surface area contributed by atoms with Gasteiger partial charge < -0.3 is 4.57 Å². The van der Waals surface area contributed by atoms with Crippen LogP contribution in [0.25, 0.3) is 0 Å². The molecule has 0 saturated heterocycles. The van der Waals surface area contributed by atoms with Gasteiger partial charge in [0.05, 0.1) is 18.0 Å². The highest BCUT2D eigenvalue weighted by Gasteiger charge is 2.03. The number of imidazole rings is 1. The van der Waals surface area contributed by atoms with Crippen molar-refractivity contribution < 1.29 is 4.39 Å². The topological polar surface area (TPSA) is 41.6 Å². The molecule has 0 unspecified atom stereocenters. The van der Waals surface area contributed by atoms with Gasteiger partial charge >= 0.3 is 0 Å². The quantitative estimate of drug-likeness (QED) is 0.745. The van der Waals surface area contributed by atoms with Crippen molar-refractivity contribution in [2.75, 3.05) is 0 Å². The number of nitriles is 1. The Morgan fingerprint density at radius 2 is 2.33 bits per heavy atom. The lowest BCUT2D eigenvalue weighted by atomic mass is 10.1. The van der Waals surface area contributed by atoms with E-state index in [4.69, 9.17) is 5.26 Å². The van der Waals surface area contributed by atoms with E-state index in [9.17, 15) is 4.39 Å². The highest BCUT2D eigenvalue weighted by molar-refractivity contribution is 5.37. The molecule has 1 aromatic carbocycles. The number of benzene rings is 1. The molecule has 0 aliphatic heterocycles. The fourth-order valence-corrected chi connectivity index (χ4v) is 1.38. The fraction of sp³-hybridized carbons (Fsp3) is 0.0909. The Kier molecular flexibility index (Phi) is 2.46. The van der Waals surface area contributed by atoms with Crippen LogP contribution in [0, 0.1) is 17.1 Å². The maximum absolute atomic E-state index is 13.0. The average Bonchev–Trinajstić information content (AvgIpc) is 2.71. The molecule has 1 aromatic heterocycles. The summed E-state index contributed by atoms with van der Waals surface area (Å²) >= 11 is 0. The SMILES string of the molecule is N#Cc1ccc(F)cc1Cn1ccnc1. The monoisotopic (exact) mass is 201 g/mol. The molecular weight excluding hydrogens is 193 g/mol. The Hall–Kier alpha value is -2.15. The van der Waals surface area contributed by atoms with Crippen LogP contribution in [0.1, 0.15) is 11.1 Å². The van der Waals surface area contributed by atoms with E-state index in [2.05, 4.69) is 4.98 Å². The maximum atomic E-state index is 13.0. The predicted molar refractivity (Wildman–Crippen MR) is 52.4 cm³/mol. The molecule has 0 fully saturated rings. The van der Waals surface area contributed by atoms with Crippen molar-refractivity contribution in [3.8, 4) is 6.07 Å². The molecule has 0 amide bonds. The minimum absolute atomic E-state index is 0.330. The molecule has 0 atom stereocenters. The molecule has 15 heavy (non-hydrogen) atoms. The molecule has 0 aliphatic carbocycles. The molecule has 0 bridgehead atoms. The lowest BCUT2D eigenvalue weighted by Crippen LogP contribution is -1.99. The predicted octanol–water partition coefficient (Wildman–Crippen LogP) is 1.94. The van der Waals surface area contributed by atoms with Crippen LogP contribution < -0.4 is 0 Å². The summed E-state index contributed by atoms with van der Waals surface area (Å²) in [6.07, 6.45) is 5.05. The first kappa shape index (κ1) is 9.41. The van der Waals surface area contributed by atoms with Crippen molar-refractivity contribution in [1.82, 2.24) is 9.55 Å². The van der Waals surface area contributed by atoms with Gasteiger partial charge in [-0.3, -0.25) is 0 Å². The molecule has 2 aromatic rings. The summed E-state index contributed by atoms with van der Waals surface area (Å²) in [6.45, 7) is 0.459. The summed E-state index contributed by atoms with van der Waals surface area (Å²) in [5.41, 5.74) is 1.15. The largest absolute Gasteiger partial charge is 0.333 e. The Labute approximate surface area is 86.4 Å². The molecule has 74 valence electrons. The van der Waals surface area contributed by atoms with Crippen LogP contribution in [0.2, 0.25) is 0 Å². The zero-order valence-corrected chi connectivity index (χ0v) is 7.89. The smallest absolute Gasteiger partial charge is 0.123 e. The zero-order chi connectivity index (χ0) is 10.7. The second-order valence-electron chi connectivity index (χ2n) is 3.15. The van der Waals surface area contributed by atoms with Gasteiger partial charge in [-0.1, -0.05) is 0 Å². The fourth-order valence-electron chi connectivity index (χ4n) is 1.38. The zero-order valence-electron chi connectivity index (χ0n) is 7.89. The molecule has 0 radical (unpaired) electrons. The number of hydrogen-bond acceptors (Lipinski definition) is 2. The summed E-state index contributed by atoms with van der Waals surface area (Å²) in [6, 6.07) is 6.18. The van der Waals surface area contributed by atoms with E-state index in [1.54, 1.807) is 23.3 Å². The molecule has 1 heterocycles. The van der Waals surface area contributed by atoms with E-state index >= 15 is 0 Å². The van der Waals surface area contributed by atoms with Crippen molar-refractivity contribution in [2.24, 2.45) is 0 Å². The minimum Gasteiger partial charge on any atom is -0.333 e. The van der Waals surface area contributed by atoms with Crippen LogP contribution in [0.3, 0.4) is 0 Å². The van der Waals surface area contributed by atoms with Gasteiger partial charge in [0, 0.05) is 18.9 Å². The van der Waals surface area contributed by atoms with Crippen LogP contribution in [0.15, 0.2) is 36.9 Å². The summed E-state index contributed by atoms with van der Waals surface area (Å²) in [7, 11) is 0. The number of nitrogens with zero attached hydrogens (tertiary/aromatic N) is 3. The van der Waals surface area contributed by atoms with E-state index in [1.807, 2.05) is 6.07 Å². The minimum atomic E-state index is -0.330. The molecule has 0 N–H and O–H groups in total. The van der Waals surface area contributed by atoms with Crippen molar-refractivity contribution in [1.29, 1.82) is 5.26 Å². The highest BCUT2D eigenvalue weighted by atomic mass is 19.1. The van der Waals surface area contributed by atoms with Gasteiger partial charge in [0.1, 0.15) is 5.82 Å². The second-order valence-corrected chi connectivity index (χ2v) is 3.15. The standard InChI is InChI=1S/C11H8FN3/c12-11-2-1-9(6-13)10(5-11)7-15-4-3-14-8-15/h1-5,8H,7H2. The van der Waals surface area contributed by atoms with Crippen LogP contribution in [-0.4, -0.2) is 9.55 Å². The summed E-state index contributed by atoms with van der Waals surface area (Å²) in [5.74, 6) is -0.330. The Bertz CT molecular complexity index is 497. The third-order valence-corrected chi connectivity index (χ3v) is 2.10. The van der Waals surface area contributed by atoms with E-state index < -0.39 is 0 Å². The third-order valence-electron chi connectivity index (χ3n) is 2.10. The van der Waals surface area contributed by atoms with E-state index in [1.165, 1.54) is 18.2 Å². The number of hydrogen-bond donors (Lipinski definition) is 0. The Morgan fingerprint density at radius 1 is 1.47 bits per heavy atom. The summed E-state index contributed by atoms with van der Waals surface area (Å²) < 4.78 is 14.8. The first-order valence-corrected chi connectivity index (χ1v) is 4.44. The molecular formula is C11H8FN3. The van der Waals surface area contributed by atoms with Gasteiger partial charge in [0.15, 0.2) is 0 Å². The number of halogens is 1. The van der Waals surface area contributed by atoms with Crippen molar-refractivity contribution in [3.05, 3.63) is 53.9 Å². The Morgan fingerprint density at radius 3 is 3.00 bits per heavy atom. The van der Waals surface area contributed by atoms with Gasteiger partial charge in [0.2, 0.25) is 0 Å². The van der Waals surface area contributed by atoms with Gasteiger partial charge in [0.25, 0.3) is 0 Å². The van der Waals surface area contributed by atoms with Crippen LogP contribution in [-0.2, 0) is 6.54 Å². The molecule has 2 rings (SSSR count). The first-order chi connectivity index (χ1) is 7.29. The first-order valence-electron chi connectivity index (χ1n) is 4.44. The normalized spacial score (nSPS) is 9.87. The van der Waals surface area contributed by atoms with Crippen molar-refractivity contribution in [2.45, 2.75) is 6.54 Å². The molecule has 0 aliphatic rings. The van der Waals surface area contributed by atoms with Gasteiger partial charge in [-0.25, -0.2) is 9.37 Å². The highest BCUT2D eigenvalue weighted by Crippen LogP contribution is 2.11. The molecule has 3 nitrogen and oxygen atoms in total. The average molecular weight is 201 g/mol. The van der Waals surface area contributed by atoms with Crippen LogP contribution in [0.4, 0.5) is 4.39 Å². The van der Waals surface area contributed by atoms with Crippen LogP contribution in [0.5, 0.6) is 0 Å².